The van der Waals surface area contributed by atoms with Crippen molar-refractivity contribution in [3.63, 3.8) is 0 Å². The van der Waals surface area contributed by atoms with Crippen LogP contribution in [-0.2, 0) is 14.6 Å². The molecule has 1 aliphatic rings. The molecular formula is C14H16INO4S. The summed E-state index contributed by atoms with van der Waals surface area (Å²) in [6, 6.07) is 6.86. The predicted molar refractivity (Wildman–Crippen MR) is 87.9 cm³/mol. The molecule has 0 spiro atoms. The van der Waals surface area contributed by atoms with Gasteiger partial charge in [-0.2, -0.15) is 0 Å². The molecule has 7 heteroatoms. The lowest BCUT2D eigenvalue weighted by Gasteiger charge is -2.10. The van der Waals surface area contributed by atoms with E-state index in [0.717, 1.165) is 3.57 Å². The molecule has 1 fully saturated rings. The van der Waals surface area contributed by atoms with Gasteiger partial charge in [-0.15, -0.1) is 0 Å². The van der Waals surface area contributed by atoms with Crippen LogP contribution in [0.4, 0.5) is 0 Å². The molecule has 0 saturated carbocycles. The highest BCUT2D eigenvalue weighted by molar-refractivity contribution is 14.1. The van der Waals surface area contributed by atoms with Crippen molar-refractivity contribution in [1.29, 1.82) is 0 Å². The highest BCUT2D eigenvalue weighted by Crippen LogP contribution is 2.12. The first kappa shape index (κ1) is 16.4. The van der Waals surface area contributed by atoms with Crippen LogP contribution in [-0.4, -0.2) is 37.7 Å². The minimum Gasteiger partial charge on any atom is -0.352 e. The molecule has 1 aromatic rings. The van der Waals surface area contributed by atoms with E-state index in [1.807, 2.05) is 12.1 Å². The first-order valence-electron chi connectivity index (χ1n) is 6.64. The molecule has 0 unspecified atom stereocenters. The summed E-state index contributed by atoms with van der Waals surface area (Å²) in [6.45, 7) is 0. The molecule has 1 heterocycles. The third-order valence-corrected chi connectivity index (χ3v) is 5.83. The van der Waals surface area contributed by atoms with Gasteiger partial charge >= 0.3 is 0 Å². The summed E-state index contributed by atoms with van der Waals surface area (Å²) in [6.07, 6.45) is 0.673. The number of nitrogens with one attached hydrogen (secondary N) is 1. The van der Waals surface area contributed by atoms with Crippen molar-refractivity contribution < 1.29 is 18.0 Å². The van der Waals surface area contributed by atoms with Gasteiger partial charge in [0.05, 0.1) is 11.5 Å². The number of carbonyl (C=O) groups is 2. The smallest absolute Gasteiger partial charge is 0.220 e. The van der Waals surface area contributed by atoms with Gasteiger partial charge in [-0.05, 0) is 41.1 Å². The molecule has 2 rings (SSSR count). The lowest BCUT2D eigenvalue weighted by Crippen LogP contribution is -2.35. The minimum atomic E-state index is -3.00. The Morgan fingerprint density at radius 1 is 1.19 bits per heavy atom. The number of hydrogen-bond acceptors (Lipinski definition) is 4. The summed E-state index contributed by atoms with van der Waals surface area (Å²) in [5, 5.41) is 2.68. The number of halogens is 1. The van der Waals surface area contributed by atoms with E-state index < -0.39 is 9.84 Å². The van der Waals surface area contributed by atoms with Crippen molar-refractivity contribution in [2.24, 2.45) is 0 Å². The summed E-state index contributed by atoms with van der Waals surface area (Å²) < 4.78 is 23.6. The number of Topliss-reactive ketones (excluding diaryl/α,β-unsaturated/α-hetero) is 1. The third-order valence-electron chi connectivity index (χ3n) is 3.34. The van der Waals surface area contributed by atoms with E-state index in [4.69, 9.17) is 0 Å². The summed E-state index contributed by atoms with van der Waals surface area (Å²) in [5.41, 5.74) is 0.590. The molecule has 1 aromatic carbocycles. The van der Waals surface area contributed by atoms with Gasteiger partial charge in [0.15, 0.2) is 15.6 Å². The van der Waals surface area contributed by atoms with Gasteiger partial charge in [0.25, 0.3) is 0 Å². The van der Waals surface area contributed by atoms with Gasteiger partial charge in [-0.25, -0.2) is 8.42 Å². The molecule has 0 radical (unpaired) electrons. The van der Waals surface area contributed by atoms with Crippen LogP contribution in [0.1, 0.15) is 29.6 Å². The Morgan fingerprint density at radius 3 is 2.43 bits per heavy atom. The molecule has 114 valence electrons. The van der Waals surface area contributed by atoms with E-state index in [0.29, 0.717) is 12.0 Å². The third kappa shape index (κ3) is 5.06. The van der Waals surface area contributed by atoms with Gasteiger partial charge < -0.3 is 5.32 Å². The Bertz CT molecular complexity index is 639. The average Bonchev–Trinajstić information content (AvgIpc) is 2.76. The molecule has 1 N–H and O–H groups in total. The first-order chi connectivity index (χ1) is 9.85. The Balaban J connectivity index is 1.79. The van der Waals surface area contributed by atoms with E-state index in [-0.39, 0.29) is 42.1 Å². The number of ketones is 1. The molecule has 21 heavy (non-hydrogen) atoms. The van der Waals surface area contributed by atoms with Crippen molar-refractivity contribution in [3.05, 3.63) is 33.4 Å². The molecule has 0 aromatic heterocycles. The number of rotatable bonds is 5. The average molecular weight is 421 g/mol. The van der Waals surface area contributed by atoms with E-state index >= 15 is 0 Å². The van der Waals surface area contributed by atoms with Crippen LogP contribution in [0.15, 0.2) is 24.3 Å². The number of benzene rings is 1. The summed E-state index contributed by atoms with van der Waals surface area (Å²) in [5.74, 6) is -0.222. The second-order valence-corrected chi connectivity index (χ2v) is 8.57. The summed E-state index contributed by atoms with van der Waals surface area (Å²) >= 11 is 2.16. The topological polar surface area (TPSA) is 80.3 Å². The zero-order chi connectivity index (χ0) is 15.5. The van der Waals surface area contributed by atoms with Gasteiger partial charge in [0.2, 0.25) is 5.91 Å². The largest absolute Gasteiger partial charge is 0.352 e. The van der Waals surface area contributed by atoms with Gasteiger partial charge in [0, 0.05) is 28.0 Å². The number of amides is 1. The molecule has 1 aliphatic heterocycles. The van der Waals surface area contributed by atoms with Crippen molar-refractivity contribution in [2.45, 2.75) is 25.3 Å². The zero-order valence-electron chi connectivity index (χ0n) is 11.3. The zero-order valence-corrected chi connectivity index (χ0v) is 14.3. The fraction of sp³-hybridized carbons (Fsp3) is 0.429. The van der Waals surface area contributed by atoms with E-state index in [1.165, 1.54) is 0 Å². The van der Waals surface area contributed by atoms with Crippen LogP contribution < -0.4 is 5.32 Å². The second-order valence-electron chi connectivity index (χ2n) is 5.10. The maximum atomic E-state index is 11.9. The van der Waals surface area contributed by atoms with E-state index in [1.54, 1.807) is 12.1 Å². The Hall–Kier alpha value is -0.960. The van der Waals surface area contributed by atoms with Crippen molar-refractivity contribution in [2.75, 3.05) is 11.5 Å². The standard InChI is InChI=1S/C14H16INO4S/c15-11-3-1-10(2-4-11)13(17)5-6-14(18)16-12-7-8-21(19,20)9-12/h1-4,12H,5-9H2,(H,16,18)/t12-/m1/s1. The Morgan fingerprint density at radius 2 is 1.86 bits per heavy atom. The lowest BCUT2D eigenvalue weighted by molar-refractivity contribution is -0.121. The predicted octanol–water partition coefficient (Wildman–Crippen LogP) is 1.56. The van der Waals surface area contributed by atoms with Gasteiger partial charge in [-0.3, -0.25) is 9.59 Å². The normalized spacial score (nSPS) is 20.1. The molecule has 5 nitrogen and oxygen atoms in total. The first-order valence-corrected chi connectivity index (χ1v) is 9.54. The molecular weight excluding hydrogens is 405 g/mol. The SMILES string of the molecule is O=C(CCC(=O)c1ccc(I)cc1)N[C@@H]1CCS(=O)(=O)C1. The highest BCUT2D eigenvalue weighted by Gasteiger charge is 2.28. The summed E-state index contributed by atoms with van der Waals surface area (Å²) in [7, 11) is -3.00. The fourth-order valence-corrected chi connectivity index (χ4v) is 4.25. The van der Waals surface area contributed by atoms with Crippen LogP contribution in [0.2, 0.25) is 0 Å². The Kier molecular flexibility index (Phi) is 5.37. The molecule has 1 atom stereocenters. The van der Waals surface area contributed by atoms with Crippen LogP contribution in [0.3, 0.4) is 0 Å². The maximum absolute atomic E-state index is 11.9. The van der Waals surface area contributed by atoms with Crippen LogP contribution in [0.25, 0.3) is 0 Å². The number of hydrogen-bond donors (Lipinski definition) is 1. The monoisotopic (exact) mass is 421 g/mol. The molecule has 1 saturated heterocycles. The highest BCUT2D eigenvalue weighted by atomic mass is 127. The minimum absolute atomic E-state index is 0.00378. The number of carbonyl (C=O) groups excluding carboxylic acids is 2. The van der Waals surface area contributed by atoms with Crippen molar-refractivity contribution in [1.82, 2.24) is 5.32 Å². The van der Waals surface area contributed by atoms with Crippen LogP contribution in [0, 0.1) is 3.57 Å². The summed E-state index contributed by atoms with van der Waals surface area (Å²) in [4.78, 5) is 23.7. The fourth-order valence-electron chi connectivity index (χ4n) is 2.22. The van der Waals surface area contributed by atoms with Crippen LogP contribution >= 0.6 is 22.6 Å². The second kappa shape index (κ2) is 6.87. The number of sulfone groups is 1. The van der Waals surface area contributed by atoms with E-state index in [2.05, 4.69) is 27.9 Å². The van der Waals surface area contributed by atoms with Crippen LogP contribution in [0.5, 0.6) is 0 Å². The molecule has 1 amide bonds. The van der Waals surface area contributed by atoms with Crippen molar-refractivity contribution >= 4 is 44.1 Å². The quantitative estimate of drug-likeness (QED) is 0.578. The molecule has 0 aliphatic carbocycles. The van der Waals surface area contributed by atoms with Crippen molar-refractivity contribution in [3.8, 4) is 0 Å². The molecule has 0 bridgehead atoms. The lowest BCUT2D eigenvalue weighted by atomic mass is 10.1. The van der Waals surface area contributed by atoms with E-state index in [9.17, 15) is 18.0 Å². The maximum Gasteiger partial charge on any atom is 0.220 e. The van der Waals surface area contributed by atoms with Gasteiger partial charge in [0.1, 0.15) is 0 Å². The Labute approximate surface area is 137 Å². The van der Waals surface area contributed by atoms with Gasteiger partial charge in [-0.1, -0.05) is 12.1 Å².